The number of anilines is 2. The highest BCUT2D eigenvalue weighted by atomic mass is 32.2. The van der Waals surface area contributed by atoms with E-state index in [0.29, 0.717) is 21.2 Å². The maximum absolute atomic E-state index is 12.2. The molecule has 0 spiro atoms. The van der Waals surface area contributed by atoms with E-state index in [0.717, 1.165) is 22.2 Å². The molecule has 0 aliphatic carbocycles. The van der Waals surface area contributed by atoms with Crippen LogP contribution >= 0.6 is 23.1 Å². The Kier molecular flexibility index (Phi) is 5.84. The lowest BCUT2D eigenvalue weighted by atomic mass is 10.1. The molecule has 2 heterocycles. The Hall–Kier alpha value is -3.06. The highest BCUT2D eigenvalue weighted by molar-refractivity contribution is 8.00. The first kappa shape index (κ1) is 19.3. The Morgan fingerprint density at radius 1 is 1.12 bits per heavy atom. The molecule has 0 radical (unpaired) electrons. The number of thiophene rings is 1. The normalized spacial score (nSPS) is 9.85. The highest BCUT2D eigenvalue weighted by Crippen LogP contribution is 2.32. The van der Waals surface area contributed by atoms with E-state index in [2.05, 4.69) is 16.4 Å². The van der Waals surface area contributed by atoms with Crippen molar-refractivity contribution in [2.75, 3.05) is 16.8 Å². The molecule has 0 saturated heterocycles. The predicted octanol–water partition coefficient (Wildman–Crippen LogP) is 3.00. The van der Waals surface area contributed by atoms with E-state index in [4.69, 9.17) is 11.0 Å². The van der Waals surface area contributed by atoms with Gasteiger partial charge in [-0.1, -0.05) is 11.8 Å². The molecule has 0 bridgehead atoms. The fraction of sp³-hybridized carbons (Fsp3) is 0.235. The molecule has 0 fully saturated rings. The average molecular weight is 382 g/mol. The van der Waals surface area contributed by atoms with Crippen LogP contribution in [-0.2, 0) is 4.79 Å². The van der Waals surface area contributed by atoms with Gasteiger partial charge in [0.1, 0.15) is 34.1 Å². The van der Waals surface area contributed by atoms with Crippen LogP contribution in [0.3, 0.4) is 0 Å². The third kappa shape index (κ3) is 3.62. The Bertz CT molecular complexity index is 1020. The molecule has 0 atom stereocenters. The number of carbonyl (C=O) groups is 1. The van der Waals surface area contributed by atoms with Gasteiger partial charge in [-0.2, -0.15) is 15.8 Å². The van der Waals surface area contributed by atoms with Gasteiger partial charge >= 0.3 is 0 Å². The number of aromatic nitrogens is 1. The number of nitrogens with one attached hydrogen (secondary N) is 1. The predicted molar refractivity (Wildman–Crippen MR) is 101 cm³/mol. The molecular weight excluding hydrogens is 368 g/mol. The van der Waals surface area contributed by atoms with Crippen LogP contribution in [0.2, 0.25) is 0 Å². The van der Waals surface area contributed by atoms with Crippen molar-refractivity contribution < 1.29 is 4.79 Å². The summed E-state index contributed by atoms with van der Waals surface area (Å²) in [6.45, 7) is 5.34. The first-order valence-corrected chi connectivity index (χ1v) is 9.17. The number of nitrogens with two attached hydrogens (primary N) is 1. The van der Waals surface area contributed by atoms with E-state index < -0.39 is 0 Å². The zero-order chi connectivity index (χ0) is 19.4. The number of hydrogen-bond donors (Lipinski definition) is 2. The Morgan fingerprint density at radius 2 is 1.73 bits per heavy atom. The van der Waals surface area contributed by atoms with Gasteiger partial charge in [0.2, 0.25) is 5.91 Å². The first-order valence-electron chi connectivity index (χ1n) is 7.37. The van der Waals surface area contributed by atoms with Crippen molar-refractivity contribution in [2.45, 2.75) is 25.8 Å². The molecule has 0 aromatic carbocycles. The number of carbonyl (C=O) groups excluding carboxylic acids is 1. The zero-order valence-electron chi connectivity index (χ0n) is 14.3. The van der Waals surface area contributed by atoms with Crippen LogP contribution < -0.4 is 11.1 Å². The summed E-state index contributed by atoms with van der Waals surface area (Å²) in [4.78, 5) is 17.3. The van der Waals surface area contributed by atoms with Gasteiger partial charge in [0.05, 0.1) is 22.4 Å². The van der Waals surface area contributed by atoms with E-state index in [1.807, 2.05) is 26.0 Å². The zero-order valence-corrected chi connectivity index (χ0v) is 15.9. The van der Waals surface area contributed by atoms with Crippen molar-refractivity contribution in [3.63, 3.8) is 0 Å². The van der Waals surface area contributed by atoms with Crippen molar-refractivity contribution in [3.8, 4) is 18.2 Å². The summed E-state index contributed by atoms with van der Waals surface area (Å²) in [5, 5.41) is 31.2. The molecule has 2 rings (SSSR count). The lowest BCUT2D eigenvalue weighted by Crippen LogP contribution is -2.14. The van der Waals surface area contributed by atoms with Gasteiger partial charge in [-0.25, -0.2) is 4.98 Å². The summed E-state index contributed by atoms with van der Waals surface area (Å²) >= 11 is 2.40. The van der Waals surface area contributed by atoms with Gasteiger partial charge in [-0.3, -0.25) is 4.79 Å². The van der Waals surface area contributed by atoms with Crippen molar-refractivity contribution in [3.05, 3.63) is 32.7 Å². The molecule has 9 heteroatoms. The van der Waals surface area contributed by atoms with E-state index in [-0.39, 0.29) is 28.6 Å². The fourth-order valence-electron chi connectivity index (χ4n) is 2.22. The summed E-state index contributed by atoms with van der Waals surface area (Å²) in [6, 6.07) is 6.03. The van der Waals surface area contributed by atoms with Crippen LogP contribution in [0, 0.1) is 54.8 Å². The molecule has 0 unspecified atom stereocenters. The summed E-state index contributed by atoms with van der Waals surface area (Å²) in [5.74, 6) is -0.296. The topological polar surface area (TPSA) is 139 Å². The van der Waals surface area contributed by atoms with Crippen molar-refractivity contribution in [1.29, 1.82) is 15.8 Å². The number of nitrogen functional groups attached to an aromatic ring is 1. The second-order valence-electron chi connectivity index (χ2n) is 5.34. The van der Waals surface area contributed by atoms with Crippen LogP contribution in [0.4, 0.5) is 10.8 Å². The fourth-order valence-corrected chi connectivity index (χ4v) is 4.10. The van der Waals surface area contributed by atoms with Crippen molar-refractivity contribution >= 4 is 39.8 Å². The third-order valence-corrected chi connectivity index (χ3v) is 5.85. The summed E-state index contributed by atoms with van der Waals surface area (Å²) in [7, 11) is 0. The molecule has 0 aliphatic heterocycles. The number of hydrogen-bond acceptors (Lipinski definition) is 8. The third-order valence-electron chi connectivity index (χ3n) is 3.76. The number of pyridine rings is 1. The lowest BCUT2D eigenvalue weighted by molar-refractivity contribution is -0.113. The van der Waals surface area contributed by atoms with Gasteiger partial charge in [0.15, 0.2) is 0 Å². The van der Waals surface area contributed by atoms with E-state index in [9.17, 15) is 15.3 Å². The van der Waals surface area contributed by atoms with Gasteiger partial charge in [0, 0.05) is 4.88 Å². The number of aryl methyl sites for hydroxylation is 1. The Morgan fingerprint density at radius 3 is 2.31 bits per heavy atom. The van der Waals surface area contributed by atoms with E-state index in [1.54, 1.807) is 6.92 Å². The van der Waals surface area contributed by atoms with E-state index >= 15 is 0 Å². The van der Waals surface area contributed by atoms with Crippen molar-refractivity contribution in [1.82, 2.24) is 4.98 Å². The van der Waals surface area contributed by atoms with Crippen LogP contribution in [0.25, 0.3) is 0 Å². The van der Waals surface area contributed by atoms with E-state index in [1.165, 1.54) is 11.3 Å². The Labute approximate surface area is 159 Å². The smallest absolute Gasteiger partial charge is 0.235 e. The molecule has 1 amide bonds. The number of thioether (sulfide) groups is 1. The number of amides is 1. The summed E-state index contributed by atoms with van der Waals surface area (Å²) in [6.07, 6.45) is 0. The highest BCUT2D eigenvalue weighted by Gasteiger charge is 2.18. The quantitative estimate of drug-likeness (QED) is 0.775. The second kappa shape index (κ2) is 7.88. The molecule has 7 nitrogen and oxygen atoms in total. The van der Waals surface area contributed by atoms with Crippen LogP contribution in [0.1, 0.15) is 32.7 Å². The Balaban J connectivity index is 2.19. The SMILES string of the molecule is Cc1sc(NC(=O)CSc2nc(N)c(C#N)c(C)c2C#N)c(C#N)c1C. The molecular formula is C17H14N6OS2. The molecule has 2 aromatic rings. The minimum Gasteiger partial charge on any atom is -0.383 e. The summed E-state index contributed by atoms with van der Waals surface area (Å²) < 4.78 is 0. The van der Waals surface area contributed by atoms with Gasteiger partial charge in [-0.15, -0.1) is 11.3 Å². The molecule has 26 heavy (non-hydrogen) atoms. The maximum Gasteiger partial charge on any atom is 0.235 e. The van der Waals surface area contributed by atoms with Gasteiger partial charge < -0.3 is 11.1 Å². The molecule has 2 aromatic heterocycles. The minimum absolute atomic E-state index is 0.00662. The second-order valence-corrected chi connectivity index (χ2v) is 7.53. The van der Waals surface area contributed by atoms with Crippen LogP contribution in [0.15, 0.2) is 5.03 Å². The largest absolute Gasteiger partial charge is 0.383 e. The number of nitrogens with zero attached hydrogens (tertiary/aromatic N) is 4. The molecule has 3 N–H and O–H groups in total. The van der Waals surface area contributed by atoms with Gasteiger partial charge in [0.25, 0.3) is 0 Å². The average Bonchev–Trinajstić information content (AvgIpc) is 2.86. The maximum atomic E-state index is 12.2. The first-order chi connectivity index (χ1) is 12.3. The monoisotopic (exact) mass is 382 g/mol. The summed E-state index contributed by atoms with van der Waals surface area (Å²) in [5.41, 5.74) is 7.90. The standard InChI is InChI=1S/C17H14N6OS2/c1-8-10(3)26-17(12(8)5-19)22-14(24)7-25-16-13(6-20)9(2)11(4-18)15(21)23-16/h7H2,1-3H3,(H2,21,23)(H,22,24). The lowest BCUT2D eigenvalue weighted by Gasteiger charge is -2.09. The minimum atomic E-state index is -0.320. The van der Waals surface area contributed by atoms with Crippen LogP contribution in [-0.4, -0.2) is 16.6 Å². The van der Waals surface area contributed by atoms with Crippen molar-refractivity contribution in [2.24, 2.45) is 0 Å². The van der Waals surface area contributed by atoms with Gasteiger partial charge in [-0.05, 0) is 31.9 Å². The molecule has 130 valence electrons. The number of nitriles is 3. The van der Waals surface area contributed by atoms with Crippen LogP contribution in [0.5, 0.6) is 0 Å². The molecule has 0 saturated carbocycles. The molecule has 0 aliphatic rings. The number of rotatable bonds is 4.